The summed E-state index contributed by atoms with van der Waals surface area (Å²) in [7, 11) is 0. The van der Waals surface area contributed by atoms with Crippen molar-refractivity contribution in [2.45, 2.75) is 6.54 Å². The second-order valence-corrected chi connectivity index (χ2v) is 3.39. The van der Waals surface area contributed by atoms with Gasteiger partial charge in [0.05, 0.1) is 6.61 Å². The number of hydrogen-bond donors (Lipinski definition) is 4. The minimum atomic E-state index is 0.192. The van der Waals surface area contributed by atoms with E-state index in [1.807, 2.05) is 24.3 Å². The Labute approximate surface area is 90.5 Å². The van der Waals surface area contributed by atoms with Crippen LogP contribution in [0.4, 0.5) is 5.69 Å². The van der Waals surface area contributed by atoms with E-state index in [1.165, 1.54) is 5.56 Å². The van der Waals surface area contributed by atoms with Crippen LogP contribution in [0.25, 0.3) is 0 Å². The van der Waals surface area contributed by atoms with Gasteiger partial charge in [-0.3, -0.25) is 0 Å². The topological polar surface area (TPSA) is 70.3 Å². The molecule has 0 bridgehead atoms. The highest BCUT2D eigenvalue weighted by Gasteiger charge is 1.91. The Hall–Kier alpha value is -1.10. The second kappa shape index (κ2) is 7.23. The molecule has 0 aliphatic heterocycles. The summed E-state index contributed by atoms with van der Waals surface area (Å²) < 4.78 is 0. The van der Waals surface area contributed by atoms with Crippen LogP contribution in [0, 0.1) is 0 Å². The highest BCUT2D eigenvalue weighted by Crippen LogP contribution is 2.04. The van der Waals surface area contributed by atoms with Gasteiger partial charge in [-0.1, -0.05) is 12.1 Å². The van der Waals surface area contributed by atoms with E-state index in [1.54, 1.807) is 0 Å². The lowest BCUT2D eigenvalue weighted by Gasteiger charge is -2.05. The summed E-state index contributed by atoms with van der Waals surface area (Å²) in [6.07, 6.45) is 0. The van der Waals surface area contributed by atoms with Crippen molar-refractivity contribution in [3.63, 3.8) is 0 Å². The largest absolute Gasteiger partial charge is 0.399 e. The van der Waals surface area contributed by atoms with Crippen molar-refractivity contribution < 1.29 is 5.11 Å². The molecule has 0 unspecified atom stereocenters. The van der Waals surface area contributed by atoms with Gasteiger partial charge < -0.3 is 21.5 Å². The molecule has 1 aromatic carbocycles. The number of hydrogen-bond acceptors (Lipinski definition) is 4. The Morgan fingerprint density at radius 2 is 1.67 bits per heavy atom. The summed E-state index contributed by atoms with van der Waals surface area (Å²) in [5, 5.41) is 14.9. The summed E-state index contributed by atoms with van der Waals surface area (Å²) in [5.74, 6) is 0. The first-order chi connectivity index (χ1) is 7.33. The number of benzene rings is 1. The van der Waals surface area contributed by atoms with Crippen molar-refractivity contribution in [2.24, 2.45) is 0 Å². The molecule has 0 spiro atoms. The van der Waals surface area contributed by atoms with E-state index in [-0.39, 0.29) is 6.61 Å². The Kier molecular flexibility index (Phi) is 5.77. The molecule has 1 aromatic rings. The molecule has 0 saturated carbocycles. The van der Waals surface area contributed by atoms with Crippen LogP contribution in [0.15, 0.2) is 24.3 Å². The van der Waals surface area contributed by atoms with E-state index in [2.05, 4.69) is 10.6 Å². The van der Waals surface area contributed by atoms with Gasteiger partial charge in [-0.05, 0) is 17.7 Å². The van der Waals surface area contributed by atoms with E-state index < -0.39 is 0 Å². The van der Waals surface area contributed by atoms with Gasteiger partial charge in [-0.25, -0.2) is 0 Å². The van der Waals surface area contributed by atoms with Crippen molar-refractivity contribution in [3.8, 4) is 0 Å². The van der Waals surface area contributed by atoms with Crippen LogP contribution in [-0.2, 0) is 6.54 Å². The average Bonchev–Trinajstić information content (AvgIpc) is 2.26. The molecule has 0 atom stereocenters. The van der Waals surface area contributed by atoms with Crippen molar-refractivity contribution in [1.82, 2.24) is 10.6 Å². The lowest BCUT2D eigenvalue weighted by atomic mass is 10.2. The first-order valence-corrected chi connectivity index (χ1v) is 5.19. The third kappa shape index (κ3) is 5.37. The van der Waals surface area contributed by atoms with Crippen molar-refractivity contribution >= 4 is 5.69 Å². The van der Waals surface area contributed by atoms with Gasteiger partial charge in [0.1, 0.15) is 0 Å². The van der Waals surface area contributed by atoms with Gasteiger partial charge in [0.2, 0.25) is 0 Å². The fourth-order valence-corrected chi connectivity index (χ4v) is 1.25. The van der Waals surface area contributed by atoms with E-state index >= 15 is 0 Å². The Balaban J connectivity index is 2.07. The normalized spacial score (nSPS) is 10.5. The molecule has 5 N–H and O–H groups in total. The van der Waals surface area contributed by atoms with Crippen molar-refractivity contribution in [1.29, 1.82) is 0 Å². The van der Waals surface area contributed by atoms with Gasteiger partial charge in [-0.2, -0.15) is 0 Å². The van der Waals surface area contributed by atoms with Crippen LogP contribution in [0.3, 0.4) is 0 Å². The molecule has 0 fully saturated rings. The molecule has 84 valence electrons. The molecular formula is C11H19N3O. The molecule has 15 heavy (non-hydrogen) atoms. The lowest BCUT2D eigenvalue weighted by molar-refractivity contribution is 0.292. The first kappa shape index (κ1) is 12.0. The van der Waals surface area contributed by atoms with Gasteiger partial charge in [0, 0.05) is 31.9 Å². The SMILES string of the molecule is Nc1ccc(CNCCNCCO)cc1. The molecule has 0 saturated heterocycles. The maximum Gasteiger partial charge on any atom is 0.0555 e. The predicted molar refractivity (Wildman–Crippen MR) is 62.5 cm³/mol. The second-order valence-electron chi connectivity index (χ2n) is 3.39. The molecule has 1 rings (SSSR count). The molecule has 0 radical (unpaired) electrons. The van der Waals surface area contributed by atoms with Crippen LogP contribution in [-0.4, -0.2) is 31.3 Å². The first-order valence-electron chi connectivity index (χ1n) is 5.19. The fourth-order valence-electron chi connectivity index (χ4n) is 1.25. The standard InChI is InChI=1S/C11H19N3O/c12-11-3-1-10(2-4-11)9-14-6-5-13-7-8-15/h1-4,13-15H,5-9,12H2. The number of nitrogens with two attached hydrogens (primary N) is 1. The highest BCUT2D eigenvalue weighted by atomic mass is 16.3. The Bertz CT molecular complexity index is 261. The quantitative estimate of drug-likeness (QED) is 0.375. The zero-order valence-electron chi connectivity index (χ0n) is 8.87. The van der Waals surface area contributed by atoms with Gasteiger partial charge in [-0.15, -0.1) is 0 Å². The Morgan fingerprint density at radius 3 is 2.33 bits per heavy atom. The molecule has 0 aliphatic carbocycles. The van der Waals surface area contributed by atoms with Crippen LogP contribution < -0.4 is 16.4 Å². The molecule has 4 nitrogen and oxygen atoms in total. The maximum absolute atomic E-state index is 8.53. The van der Waals surface area contributed by atoms with E-state index in [9.17, 15) is 0 Å². The number of aliphatic hydroxyl groups is 1. The van der Waals surface area contributed by atoms with E-state index in [4.69, 9.17) is 10.8 Å². The van der Waals surface area contributed by atoms with Crippen LogP contribution in [0.5, 0.6) is 0 Å². The molecular weight excluding hydrogens is 190 g/mol. The maximum atomic E-state index is 8.53. The van der Waals surface area contributed by atoms with Gasteiger partial charge in [0.25, 0.3) is 0 Å². The van der Waals surface area contributed by atoms with Gasteiger partial charge >= 0.3 is 0 Å². The molecule has 0 heterocycles. The Morgan fingerprint density at radius 1 is 1.00 bits per heavy atom. The summed E-state index contributed by atoms with van der Waals surface area (Å²) in [4.78, 5) is 0. The van der Waals surface area contributed by atoms with Crippen LogP contribution >= 0.6 is 0 Å². The summed E-state index contributed by atoms with van der Waals surface area (Å²) in [6, 6.07) is 7.84. The molecule has 0 aliphatic rings. The predicted octanol–water partition coefficient (Wildman–Crippen LogP) is -0.0597. The lowest BCUT2D eigenvalue weighted by Crippen LogP contribution is -2.28. The van der Waals surface area contributed by atoms with E-state index in [0.717, 1.165) is 25.3 Å². The summed E-state index contributed by atoms with van der Waals surface area (Å²) in [5.41, 5.74) is 7.61. The molecule has 0 aromatic heterocycles. The number of nitrogen functional groups attached to an aromatic ring is 1. The van der Waals surface area contributed by atoms with Crippen molar-refractivity contribution in [2.75, 3.05) is 32.0 Å². The van der Waals surface area contributed by atoms with Crippen molar-refractivity contribution in [3.05, 3.63) is 29.8 Å². The summed E-state index contributed by atoms with van der Waals surface area (Å²) in [6.45, 7) is 3.46. The summed E-state index contributed by atoms with van der Waals surface area (Å²) >= 11 is 0. The number of aliphatic hydroxyl groups excluding tert-OH is 1. The number of anilines is 1. The zero-order chi connectivity index (χ0) is 10.9. The van der Waals surface area contributed by atoms with Gasteiger partial charge in [0.15, 0.2) is 0 Å². The minimum absolute atomic E-state index is 0.192. The molecule has 0 amide bonds. The molecule has 4 heteroatoms. The third-order valence-corrected chi connectivity index (χ3v) is 2.08. The fraction of sp³-hybridized carbons (Fsp3) is 0.455. The number of rotatable bonds is 7. The zero-order valence-corrected chi connectivity index (χ0v) is 8.87. The van der Waals surface area contributed by atoms with Crippen LogP contribution in [0.1, 0.15) is 5.56 Å². The van der Waals surface area contributed by atoms with Crippen LogP contribution in [0.2, 0.25) is 0 Å². The minimum Gasteiger partial charge on any atom is -0.399 e. The third-order valence-electron chi connectivity index (χ3n) is 2.08. The highest BCUT2D eigenvalue weighted by molar-refractivity contribution is 5.39. The van der Waals surface area contributed by atoms with E-state index in [0.29, 0.717) is 6.54 Å². The smallest absolute Gasteiger partial charge is 0.0555 e. The monoisotopic (exact) mass is 209 g/mol. The average molecular weight is 209 g/mol. The number of nitrogens with one attached hydrogen (secondary N) is 2.